The zero-order valence-electron chi connectivity index (χ0n) is 16.1. The van der Waals surface area contributed by atoms with E-state index < -0.39 is 6.04 Å². The molecule has 2 amide bonds. The van der Waals surface area contributed by atoms with Crippen LogP contribution in [-0.4, -0.2) is 35.8 Å². The van der Waals surface area contributed by atoms with Crippen molar-refractivity contribution in [3.8, 4) is 0 Å². The van der Waals surface area contributed by atoms with Gasteiger partial charge < -0.3 is 15.5 Å². The van der Waals surface area contributed by atoms with Crippen LogP contribution in [0.3, 0.4) is 0 Å². The lowest BCUT2D eigenvalue weighted by atomic mass is 10.0. The molecule has 0 aromatic heterocycles. The molecule has 0 bridgehead atoms. The number of hydrogen-bond donors (Lipinski definition) is 2. The highest BCUT2D eigenvalue weighted by molar-refractivity contribution is 5.95. The van der Waals surface area contributed by atoms with Gasteiger partial charge in [-0.15, -0.1) is 0 Å². The molecule has 1 heterocycles. The van der Waals surface area contributed by atoms with Gasteiger partial charge in [0.05, 0.1) is 0 Å². The Bertz CT molecular complexity index is 827. The molecule has 1 saturated heterocycles. The van der Waals surface area contributed by atoms with Crippen LogP contribution in [0, 0.1) is 0 Å². The molecule has 1 aliphatic heterocycles. The number of benzene rings is 2. The van der Waals surface area contributed by atoms with Crippen molar-refractivity contribution in [2.75, 3.05) is 18.4 Å². The maximum Gasteiger partial charge on any atom is 0.251 e. The normalized spacial score (nSPS) is 17.6. The fourth-order valence-corrected chi connectivity index (χ4v) is 3.64. The molecule has 2 fully saturated rings. The summed E-state index contributed by atoms with van der Waals surface area (Å²) in [5.41, 5.74) is 2.34. The first-order valence-electron chi connectivity index (χ1n) is 10.2. The van der Waals surface area contributed by atoms with Crippen LogP contribution in [0.15, 0.2) is 54.6 Å². The van der Waals surface area contributed by atoms with Crippen molar-refractivity contribution < 1.29 is 9.59 Å². The van der Waals surface area contributed by atoms with Crippen LogP contribution in [0.2, 0.25) is 0 Å². The molecule has 1 saturated carbocycles. The molecule has 0 radical (unpaired) electrons. The van der Waals surface area contributed by atoms with E-state index in [1.807, 2.05) is 59.5 Å². The smallest absolute Gasteiger partial charge is 0.251 e. The number of carbonyl (C=O) groups excluding carboxylic acids is 2. The van der Waals surface area contributed by atoms with Crippen molar-refractivity contribution in [2.45, 2.75) is 44.2 Å². The molecule has 2 aromatic carbocycles. The van der Waals surface area contributed by atoms with E-state index in [4.69, 9.17) is 0 Å². The van der Waals surface area contributed by atoms with E-state index >= 15 is 0 Å². The molecular formula is C23H27N3O2. The van der Waals surface area contributed by atoms with Crippen LogP contribution < -0.4 is 10.6 Å². The minimum atomic E-state index is -0.457. The molecule has 0 unspecified atom stereocenters. The average molecular weight is 377 g/mol. The fraction of sp³-hybridized carbons (Fsp3) is 0.391. The van der Waals surface area contributed by atoms with Gasteiger partial charge in [-0.25, -0.2) is 0 Å². The standard InChI is InChI=1S/C23H27N3O2/c27-22(25-19-12-13-19)18-10-7-11-20(16-18)24-21(17-8-3-1-4-9-17)23(28)26-14-5-2-6-15-26/h1,3-4,7-11,16,19,21,24H,2,5-6,12-15H2,(H,25,27)/t21-/m0/s1. The predicted octanol–water partition coefficient (Wildman–Crippen LogP) is 3.74. The Balaban J connectivity index is 1.55. The summed E-state index contributed by atoms with van der Waals surface area (Å²) in [6, 6.07) is 17.1. The van der Waals surface area contributed by atoms with Crippen molar-refractivity contribution in [1.82, 2.24) is 10.2 Å². The van der Waals surface area contributed by atoms with E-state index in [0.717, 1.165) is 50.0 Å². The summed E-state index contributed by atoms with van der Waals surface area (Å²) >= 11 is 0. The van der Waals surface area contributed by atoms with E-state index in [9.17, 15) is 9.59 Å². The summed E-state index contributed by atoms with van der Waals surface area (Å²) in [5, 5.41) is 6.40. The Kier molecular flexibility index (Phi) is 5.60. The maximum atomic E-state index is 13.3. The van der Waals surface area contributed by atoms with Gasteiger partial charge in [0.25, 0.3) is 5.91 Å². The lowest BCUT2D eigenvalue weighted by molar-refractivity contribution is -0.133. The molecular weight excluding hydrogens is 350 g/mol. The van der Waals surface area contributed by atoms with Gasteiger partial charge in [-0.1, -0.05) is 36.4 Å². The topological polar surface area (TPSA) is 61.4 Å². The number of nitrogens with zero attached hydrogens (tertiary/aromatic N) is 1. The van der Waals surface area contributed by atoms with Gasteiger partial charge in [0.1, 0.15) is 6.04 Å². The Morgan fingerprint density at radius 1 is 0.929 bits per heavy atom. The predicted molar refractivity (Wildman–Crippen MR) is 110 cm³/mol. The highest BCUT2D eigenvalue weighted by Gasteiger charge is 2.27. The summed E-state index contributed by atoms with van der Waals surface area (Å²) < 4.78 is 0. The molecule has 5 nitrogen and oxygen atoms in total. The van der Waals surface area contributed by atoms with E-state index in [1.54, 1.807) is 0 Å². The van der Waals surface area contributed by atoms with Crippen LogP contribution >= 0.6 is 0 Å². The zero-order chi connectivity index (χ0) is 19.3. The Hall–Kier alpha value is -2.82. The number of hydrogen-bond acceptors (Lipinski definition) is 3. The number of rotatable bonds is 6. The largest absolute Gasteiger partial charge is 0.370 e. The molecule has 1 atom stereocenters. The van der Waals surface area contributed by atoms with Crippen molar-refractivity contribution in [3.63, 3.8) is 0 Å². The second-order valence-electron chi connectivity index (χ2n) is 7.70. The fourth-order valence-electron chi connectivity index (χ4n) is 3.64. The third kappa shape index (κ3) is 4.53. The second-order valence-corrected chi connectivity index (χ2v) is 7.70. The number of amides is 2. The number of carbonyl (C=O) groups is 2. The van der Waals surface area contributed by atoms with Gasteiger partial charge >= 0.3 is 0 Å². The van der Waals surface area contributed by atoms with E-state index in [-0.39, 0.29) is 11.8 Å². The molecule has 5 heteroatoms. The van der Waals surface area contributed by atoms with Crippen LogP contribution in [0.5, 0.6) is 0 Å². The minimum Gasteiger partial charge on any atom is -0.370 e. The Morgan fingerprint density at radius 3 is 2.39 bits per heavy atom. The van der Waals surface area contributed by atoms with E-state index in [0.29, 0.717) is 11.6 Å². The molecule has 0 spiro atoms. The Morgan fingerprint density at radius 2 is 1.68 bits per heavy atom. The van der Waals surface area contributed by atoms with Gasteiger partial charge in [0.15, 0.2) is 0 Å². The summed E-state index contributed by atoms with van der Waals surface area (Å²) in [4.78, 5) is 27.6. The van der Waals surface area contributed by atoms with Crippen molar-refractivity contribution in [2.24, 2.45) is 0 Å². The number of piperidine rings is 1. The average Bonchev–Trinajstić information content (AvgIpc) is 3.57. The number of anilines is 1. The zero-order valence-corrected chi connectivity index (χ0v) is 16.1. The third-order valence-corrected chi connectivity index (χ3v) is 5.40. The lowest BCUT2D eigenvalue weighted by Crippen LogP contribution is -2.41. The van der Waals surface area contributed by atoms with Crippen LogP contribution in [0.4, 0.5) is 5.69 Å². The van der Waals surface area contributed by atoms with Gasteiger partial charge in [0.2, 0.25) is 5.91 Å². The van der Waals surface area contributed by atoms with Crippen molar-refractivity contribution in [3.05, 3.63) is 65.7 Å². The molecule has 2 N–H and O–H groups in total. The van der Waals surface area contributed by atoms with Crippen LogP contribution in [-0.2, 0) is 4.79 Å². The highest BCUT2D eigenvalue weighted by atomic mass is 16.2. The monoisotopic (exact) mass is 377 g/mol. The summed E-state index contributed by atoms with van der Waals surface area (Å²) in [5.74, 6) is 0.0449. The molecule has 146 valence electrons. The second kappa shape index (κ2) is 8.46. The van der Waals surface area contributed by atoms with Gasteiger partial charge in [0, 0.05) is 30.4 Å². The van der Waals surface area contributed by atoms with Gasteiger partial charge in [-0.3, -0.25) is 9.59 Å². The summed E-state index contributed by atoms with van der Waals surface area (Å²) in [6.45, 7) is 1.63. The van der Waals surface area contributed by atoms with Gasteiger partial charge in [-0.05, 0) is 55.9 Å². The first kappa shape index (κ1) is 18.5. The van der Waals surface area contributed by atoms with Crippen LogP contribution in [0.25, 0.3) is 0 Å². The maximum absolute atomic E-state index is 13.3. The number of likely N-dealkylation sites (tertiary alicyclic amines) is 1. The van der Waals surface area contributed by atoms with Crippen molar-refractivity contribution in [1.29, 1.82) is 0 Å². The Labute approximate surface area is 166 Å². The number of nitrogens with one attached hydrogen (secondary N) is 2. The first-order chi connectivity index (χ1) is 13.7. The quantitative estimate of drug-likeness (QED) is 0.806. The summed E-state index contributed by atoms with van der Waals surface area (Å²) in [6.07, 6.45) is 5.42. The first-order valence-corrected chi connectivity index (χ1v) is 10.2. The molecule has 2 aliphatic rings. The van der Waals surface area contributed by atoms with E-state index in [1.165, 1.54) is 6.42 Å². The van der Waals surface area contributed by atoms with Crippen LogP contribution in [0.1, 0.15) is 54.1 Å². The SMILES string of the molecule is O=C(NC1CC1)c1cccc(N[C@H](C(=O)N2CCCCC2)c2ccccc2)c1. The molecule has 4 rings (SSSR count). The molecule has 1 aliphatic carbocycles. The highest BCUT2D eigenvalue weighted by Crippen LogP contribution is 2.25. The van der Waals surface area contributed by atoms with Crippen molar-refractivity contribution >= 4 is 17.5 Å². The van der Waals surface area contributed by atoms with E-state index in [2.05, 4.69) is 10.6 Å². The molecule has 2 aromatic rings. The summed E-state index contributed by atoms with van der Waals surface area (Å²) in [7, 11) is 0. The lowest BCUT2D eigenvalue weighted by Gasteiger charge is -2.31. The minimum absolute atomic E-state index is 0.0511. The molecule has 28 heavy (non-hydrogen) atoms. The third-order valence-electron chi connectivity index (χ3n) is 5.40. The van der Waals surface area contributed by atoms with Gasteiger partial charge in [-0.2, -0.15) is 0 Å².